The van der Waals surface area contributed by atoms with E-state index in [9.17, 15) is 9.59 Å². The molecule has 1 aliphatic heterocycles. The van der Waals surface area contributed by atoms with Crippen LogP contribution in [0, 0.1) is 6.92 Å². The molecule has 1 fully saturated rings. The van der Waals surface area contributed by atoms with Crippen LogP contribution in [0.15, 0.2) is 22.7 Å². The van der Waals surface area contributed by atoms with E-state index in [-0.39, 0.29) is 18.6 Å². The summed E-state index contributed by atoms with van der Waals surface area (Å²) in [6.07, 6.45) is 0.202. The molecule has 132 valence electrons. The number of aryl methyl sites for hydroxylation is 1. The molecule has 1 atom stereocenters. The Morgan fingerprint density at radius 2 is 2.21 bits per heavy atom. The first kappa shape index (κ1) is 18.9. The molecule has 0 aliphatic carbocycles. The fourth-order valence-corrected chi connectivity index (χ4v) is 3.16. The third-order valence-corrected chi connectivity index (χ3v) is 4.86. The van der Waals surface area contributed by atoms with E-state index in [0.29, 0.717) is 32.7 Å². The zero-order valence-electron chi connectivity index (χ0n) is 14.0. The van der Waals surface area contributed by atoms with E-state index in [4.69, 9.17) is 9.84 Å². The van der Waals surface area contributed by atoms with Gasteiger partial charge in [-0.2, -0.15) is 0 Å². The molecular weight excluding hydrogens is 376 g/mol. The molecule has 1 heterocycles. The van der Waals surface area contributed by atoms with Gasteiger partial charge in [0.05, 0.1) is 25.7 Å². The minimum absolute atomic E-state index is 0.0365. The summed E-state index contributed by atoms with van der Waals surface area (Å²) in [5, 5.41) is 8.81. The molecule has 1 amide bonds. The zero-order chi connectivity index (χ0) is 17.7. The topological polar surface area (TPSA) is 70.1 Å². The van der Waals surface area contributed by atoms with Gasteiger partial charge < -0.3 is 14.7 Å². The van der Waals surface area contributed by atoms with Gasteiger partial charge in [-0.1, -0.05) is 28.1 Å². The minimum atomic E-state index is -0.869. The number of carbonyl (C=O) groups is 2. The highest BCUT2D eigenvalue weighted by molar-refractivity contribution is 9.10. The number of ether oxygens (including phenoxy) is 1. The van der Waals surface area contributed by atoms with Gasteiger partial charge in [0, 0.05) is 24.1 Å². The highest BCUT2D eigenvalue weighted by Crippen LogP contribution is 2.18. The number of benzene rings is 1. The Balaban J connectivity index is 1.89. The molecule has 0 spiro atoms. The van der Waals surface area contributed by atoms with Crippen LogP contribution >= 0.6 is 15.9 Å². The number of carboxylic acid groups (broad SMARTS) is 1. The number of hydrogen-bond donors (Lipinski definition) is 1. The van der Waals surface area contributed by atoms with E-state index in [2.05, 4.69) is 15.9 Å². The summed E-state index contributed by atoms with van der Waals surface area (Å²) in [4.78, 5) is 26.7. The van der Waals surface area contributed by atoms with Crippen molar-refractivity contribution in [1.82, 2.24) is 9.80 Å². The van der Waals surface area contributed by atoms with E-state index >= 15 is 0 Å². The molecule has 7 heteroatoms. The number of carbonyl (C=O) groups excluding carboxylic acids is 1. The first-order chi connectivity index (χ1) is 11.3. The van der Waals surface area contributed by atoms with Gasteiger partial charge in [-0.05, 0) is 31.2 Å². The summed E-state index contributed by atoms with van der Waals surface area (Å²) < 4.78 is 6.66. The lowest BCUT2D eigenvalue weighted by Gasteiger charge is -2.34. The minimum Gasteiger partial charge on any atom is -0.480 e. The monoisotopic (exact) mass is 398 g/mol. The van der Waals surface area contributed by atoms with Crippen molar-refractivity contribution in [1.29, 1.82) is 0 Å². The summed E-state index contributed by atoms with van der Waals surface area (Å²) >= 11 is 3.49. The molecule has 1 N–H and O–H groups in total. The van der Waals surface area contributed by atoms with Gasteiger partial charge in [0.1, 0.15) is 0 Å². The molecule has 0 aromatic heterocycles. The lowest BCUT2D eigenvalue weighted by Crippen LogP contribution is -2.50. The molecule has 1 aromatic carbocycles. The van der Waals surface area contributed by atoms with Crippen LogP contribution in [-0.4, -0.2) is 72.7 Å². The van der Waals surface area contributed by atoms with Crippen LogP contribution in [0.3, 0.4) is 0 Å². The zero-order valence-corrected chi connectivity index (χ0v) is 15.6. The van der Waals surface area contributed by atoms with E-state index in [0.717, 1.165) is 15.6 Å². The van der Waals surface area contributed by atoms with Crippen molar-refractivity contribution in [2.75, 3.05) is 39.8 Å². The molecule has 1 aliphatic rings. The Morgan fingerprint density at radius 1 is 1.46 bits per heavy atom. The van der Waals surface area contributed by atoms with Gasteiger partial charge in [0.15, 0.2) is 0 Å². The van der Waals surface area contributed by atoms with Gasteiger partial charge in [-0.25, -0.2) is 0 Å². The fraction of sp³-hybridized carbons (Fsp3) is 0.529. The number of amides is 1. The fourth-order valence-electron chi connectivity index (χ4n) is 2.73. The average molecular weight is 399 g/mol. The molecule has 0 saturated carbocycles. The summed E-state index contributed by atoms with van der Waals surface area (Å²) in [5.41, 5.74) is 2.11. The number of rotatable bonds is 6. The maximum Gasteiger partial charge on any atom is 0.317 e. The van der Waals surface area contributed by atoms with Crippen molar-refractivity contribution in [3.05, 3.63) is 33.8 Å². The lowest BCUT2D eigenvalue weighted by atomic mass is 10.1. The number of halogens is 1. The van der Waals surface area contributed by atoms with Crippen molar-refractivity contribution < 1.29 is 19.4 Å². The summed E-state index contributed by atoms with van der Waals surface area (Å²) in [5.74, 6) is -0.800. The first-order valence-electron chi connectivity index (χ1n) is 7.90. The molecule has 1 saturated heterocycles. The molecule has 0 radical (unpaired) electrons. The van der Waals surface area contributed by atoms with E-state index < -0.39 is 5.97 Å². The second-order valence-corrected chi connectivity index (χ2v) is 7.04. The predicted molar refractivity (Wildman–Crippen MR) is 94.0 cm³/mol. The number of carboxylic acids is 1. The summed E-state index contributed by atoms with van der Waals surface area (Å²) in [7, 11) is 1.74. The van der Waals surface area contributed by atoms with Crippen LogP contribution in [-0.2, 0) is 20.7 Å². The first-order valence-corrected chi connectivity index (χ1v) is 8.69. The van der Waals surface area contributed by atoms with Crippen LogP contribution < -0.4 is 0 Å². The summed E-state index contributed by atoms with van der Waals surface area (Å²) in [6, 6.07) is 5.94. The molecular formula is C17H23BrN2O4. The Labute approximate surface area is 150 Å². The maximum atomic E-state index is 12.5. The standard InChI is InChI=1S/C17H23BrN2O4/c1-12-3-4-13(7-15(12)18)8-16(21)20-5-6-24-14(10-20)9-19(2)11-17(22)23/h3-4,7,14H,5-6,8-11H2,1-2H3,(H,22,23). The van der Waals surface area contributed by atoms with E-state index in [1.807, 2.05) is 25.1 Å². The number of likely N-dealkylation sites (N-methyl/N-ethyl adjacent to an activating group) is 1. The highest BCUT2D eigenvalue weighted by atomic mass is 79.9. The van der Waals surface area contributed by atoms with E-state index in [1.54, 1.807) is 16.8 Å². The lowest BCUT2D eigenvalue weighted by molar-refractivity contribution is -0.142. The van der Waals surface area contributed by atoms with Crippen LogP contribution in [0.1, 0.15) is 11.1 Å². The number of hydrogen-bond acceptors (Lipinski definition) is 4. The molecule has 2 rings (SSSR count). The Bertz CT molecular complexity index is 608. The van der Waals surface area contributed by atoms with Crippen molar-refractivity contribution in [3.63, 3.8) is 0 Å². The SMILES string of the molecule is Cc1ccc(CC(=O)N2CCOC(CN(C)CC(=O)O)C2)cc1Br. The smallest absolute Gasteiger partial charge is 0.317 e. The van der Waals surface area contributed by atoms with Crippen LogP contribution in [0.2, 0.25) is 0 Å². The Morgan fingerprint density at radius 3 is 2.88 bits per heavy atom. The van der Waals surface area contributed by atoms with Crippen LogP contribution in [0.4, 0.5) is 0 Å². The molecule has 1 aromatic rings. The van der Waals surface area contributed by atoms with Crippen molar-refractivity contribution in [2.24, 2.45) is 0 Å². The third-order valence-electron chi connectivity index (χ3n) is 4.00. The second kappa shape index (κ2) is 8.60. The van der Waals surface area contributed by atoms with Crippen LogP contribution in [0.5, 0.6) is 0 Å². The van der Waals surface area contributed by atoms with E-state index in [1.165, 1.54) is 0 Å². The Hall–Kier alpha value is -1.44. The average Bonchev–Trinajstić information content (AvgIpc) is 2.50. The number of nitrogens with zero attached hydrogens (tertiary/aromatic N) is 2. The largest absolute Gasteiger partial charge is 0.480 e. The van der Waals surface area contributed by atoms with Gasteiger partial charge in [-0.15, -0.1) is 0 Å². The number of aliphatic carboxylic acids is 1. The van der Waals surface area contributed by atoms with Gasteiger partial charge >= 0.3 is 5.97 Å². The van der Waals surface area contributed by atoms with Gasteiger partial charge in [-0.3, -0.25) is 14.5 Å². The molecule has 6 nitrogen and oxygen atoms in total. The van der Waals surface area contributed by atoms with Gasteiger partial charge in [0.2, 0.25) is 5.91 Å². The van der Waals surface area contributed by atoms with Crippen molar-refractivity contribution >= 4 is 27.8 Å². The normalized spacial score (nSPS) is 18.0. The van der Waals surface area contributed by atoms with Gasteiger partial charge in [0.25, 0.3) is 0 Å². The van der Waals surface area contributed by atoms with Crippen molar-refractivity contribution in [2.45, 2.75) is 19.4 Å². The number of morpholine rings is 1. The maximum absolute atomic E-state index is 12.5. The highest BCUT2D eigenvalue weighted by Gasteiger charge is 2.25. The quantitative estimate of drug-likeness (QED) is 0.786. The molecule has 0 bridgehead atoms. The van der Waals surface area contributed by atoms with Crippen LogP contribution in [0.25, 0.3) is 0 Å². The summed E-state index contributed by atoms with van der Waals surface area (Å²) in [6.45, 7) is 4.02. The Kier molecular flexibility index (Phi) is 6.77. The second-order valence-electron chi connectivity index (χ2n) is 6.18. The predicted octanol–water partition coefficient (Wildman–Crippen LogP) is 1.54. The molecule has 24 heavy (non-hydrogen) atoms. The third kappa shape index (κ3) is 5.58. The van der Waals surface area contributed by atoms with Crippen molar-refractivity contribution in [3.8, 4) is 0 Å². The molecule has 1 unspecified atom stereocenters.